The third kappa shape index (κ3) is 4.32. The standard InChI is InChI=1S/C15H21N3O/c16-12-14-2-4-15(5-3-14)13-18-9-7-17(8-10-18)6-1-11-19/h2-5,19H,1,6-11,13H2. The first-order chi connectivity index (χ1) is 9.31. The van der Waals surface area contributed by atoms with Gasteiger partial charge in [-0.1, -0.05) is 12.1 Å². The van der Waals surface area contributed by atoms with Crippen molar-refractivity contribution in [3.8, 4) is 6.07 Å². The van der Waals surface area contributed by atoms with Crippen molar-refractivity contribution >= 4 is 0 Å². The van der Waals surface area contributed by atoms with Crippen molar-refractivity contribution in [2.75, 3.05) is 39.3 Å². The number of aliphatic hydroxyl groups excluding tert-OH is 1. The lowest BCUT2D eigenvalue weighted by molar-refractivity contribution is 0.120. The molecule has 1 aliphatic heterocycles. The summed E-state index contributed by atoms with van der Waals surface area (Å²) in [4.78, 5) is 4.85. The lowest BCUT2D eigenvalue weighted by atomic mass is 10.1. The van der Waals surface area contributed by atoms with Crippen molar-refractivity contribution in [3.63, 3.8) is 0 Å². The normalized spacial score (nSPS) is 17.3. The molecule has 0 atom stereocenters. The summed E-state index contributed by atoms with van der Waals surface area (Å²) in [7, 11) is 0. The zero-order chi connectivity index (χ0) is 13.5. The third-order valence-electron chi connectivity index (χ3n) is 3.59. The van der Waals surface area contributed by atoms with Gasteiger partial charge >= 0.3 is 0 Å². The van der Waals surface area contributed by atoms with Crippen LogP contribution in [0.1, 0.15) is 17.5 Å². The van der Waals surface area contributed by atoms with Crippen LogP contribution in [-0.2, 0) is 6.54 Å². The van der Waals surface area contributed by atoms with E-state index in [1.165, 1.54) is 5.56 Å². The van der Waals surface area contributed by atoms with Crippen LogP contribution in [0.2, 0.25) is 0 Å². The van der Waals surface area contributed by atoms with Gasteiger partial charge in [0.25, 0.3) is 0 Å². The van der Waals surface area contributed by atoms with Crippen LogP contribution in [0.25, 0.3) is 0 Å². The Bertz CT molecular complexity index is 416. The van der Waals surface area contributed by atoms with E-state index in [0.29, 0.717) is 0 Å². The summed E-state index contributed by atoms with van der Waals surface area (Å²) in [6.45, 7) is 6.55. The van der Waals surface area contributed by atoms with Crippen LogP contribution in [0.3, 0.4) is 0 Å². The molecule has 0 saturated carbocycles. The molecule has 1 heterocycles. The Labute approximate surface area is 114 Å². The minimum Gasteiger partial charge on any atom is -0.396 e. The Hall–Kier alpha value is -1.41. The van der Waals surface area contributed by atoms with Crippen LogP contribution in [0.5, 0.6) is 0 Å². The largest absolute Gasteiger partial charge is 0.396 e. The lowest BCUT2D eigenvalue weighted by Gasteiger charge is -2.34. The molecule has 4 nitrogen and oxygen atoms in total. The topological polar surface area (TPSA) is 50.5 Å². The van der Waals surface area contributed by atoms with Crippen molar-refractivity contribution in [1.82, 2.24) is 9.80 Å². The fourth-order valence-corrected chi connectivity index (χ4v) is 2.41. The summed E-state index contributed by atoms with van der Waals surface area (Å²) in [5, 5.41) is 17.6. The number of nitrogens with zero attached hydrogens (tertiary/aromatic N) is 3. The zero-order valence-electron chi connectivity index (χ0n) is 11.3. The maximum atomic E-state index is 8.83. The lowest BCUT2D eigenvalue weighted by Crippen LogP contribution is -2.46. The molecule has 0 bridgehead atoms. The van der Waals surface area contributed by atoms with Gasteiger partial charge in [-0.2, -0.15) is 5.26 Å². The summed E-state index contributed by atoms with van der Waals surface area (Å²) in [5.41, 5.74) is 1.99. The highest BCUT2D eigenvalue weighted by Gasteiger charge is 2.16. The van der Waals surface area contributed by atoms with E-state index >= 15 is 0 Å². The van der Waals surface area contributed by atoms with E-state index in [9.17, 15) is 0 Å². The van der Waals surface area contributed by atoms with Crippen molar-refractivity contribution in [1.29, 1.82) is 5.26 Å². The van der Waals surface area contributed by atoms with E-state index < -0.39 is 0 Å². The second-order valence-electron chi connectivity index (χ2n) is 5.00. The minimum absolute atomic E-state index is 0.283. The highest BCUT2D eigenvalue weighted by atomic mass is 16.3. The Balaban J connectivity index is 1.77. The third-order valence-corrected chi connectivity index (χ3v) is 3.59. The number of rotatable bonds is 5. The maximum absolute atomic E-state index is 8.83. The number of benzene rings is 1. The monoisotopic (exact) mass is 259 g/mol. The quantitative estimate of drug-likeness (QED) is 0.859. The first kappa shape index (κ1) is 14.0. The molecule has 2 rings (SSSR count). The first-order valence-corrected chi connectivity index (χ1v) is 6.86. The highest BCUT2D eigenvalue weighted by molar-refractivity contribution is 5.31. The molecule has 0 radical (unpaired) electrons. The fourth-order valence-electron chi connectivity index (χ4n) is 2.41. The van der Waals surface area contributed by atoms with Gasteiger partial charge in [0.15, 0.2) is 0 Å². The van der Waals surface area contributed by atoms with E-state index in [2.05, 4.69) is 15.9 Å². The van der Waals surface area contributed by atoms with Gasteiger partial charge in [0.1, 0.15) is 0 Å². The van der Waals surface area contributed by atoms with Gasteiger partial charge in [-0.15, -0.1) is 0 Å². The van der Waals surface area contributed by atoms with Gasteiger partial charge in [-0.25, -0.2) is 0 Å². The zero-order valence-corrected chi connectivity index (χ0v) is 11.3. The van der Waals surface area contributed by atoms with Crippen molar-refractivity contribution in [2.45, 2.75) is 13.0 Å². The molecular formula is C15H21N3O. The smallest absolute Gasteiger partial charge is 0.0991 e. The Kier molecular flexibility index (Phi) is 5.34. The Morgan fingerprint density at radius 3 is 2.26 bits per heavy atom. The average Bonchev–Trinajstić information content (AvgIpc) is 2.47. The maximum Gasteiger partial charge on any atom is 0.0991 e. The number of nitriles is 1. The molecule has 1 saturated heterocycles. The van der Waals surface area contributed by atoms with Crippen molar-refractivity contribution in [3.05, 3.63) is 35.4 Å². The molecular weight excluding hydrogens is 238 g/mol. The van der Waals surface area contributed by atoms with Crippen molar-refractivity contribution < 1.29 is 5.11 Å². The van der Waals surface area contributed by atoms with Gasteiger partial charge in [0.2, 0.25) is 0 Å². The molecule has 0 spiro atoms. The van der Waals surface area contributed by atoms with E-state index in [1.807, 2.05) is 24.3 Å². The van der Waals surface area contributed by atoms with Crippen molar-refractivity contribution in [2.24, 2.45) is 0 Å². The molecule has 1 N–H and O–H groups in total. The molecule has 0 amide bonds. The summed E-state index contributed by atoms with van der Waals surface area (Å²) < 4.78 is 0. The number of hydrogen-bond donors (Lipinski definition) is 1. The predicted octanol–water partition coefficient (Wildman–Crippen LogP) is 1.06. The average molecular weight is 259 g/mol. The van der Waals surface area contributed by atoms with Crippen LogP contribution in [-0.4, -0.2) is 54.2 Å². The number of piperazine rings is 1. The fraction of sp³-hybridized carbons (Fsp3) is 0.533. The highest BCUT2D eigenvalue weighted by Crippen LogP contribution is 2.10. The predicted molar refractivity (Wildman–Crippen MR) is 74.6 cm³/mol. The minimum atomic E-state index is 0.283. The molecule has 0 unspecified atom stereocenters. The van der Waals surface area contributed by atoms with Crippen LogP contribution in [0.15, 0.2) is 24.3 Å². The molecule has 1 aromatic rings. The summed E-state index contributed by atoms with van der Waals surface area (Å²) >= 11 is 0. The van der Waals surface area contributed by atoms with Crippen LogP contribution in [0, 0.1) is 11.3 Å². The molecule has 19 heavy (non-hydrogen) atoms. The summed E-state index contributed by atoms with van der Waals surface area (Å²) in [6, 6.07) is 9.98. The van der Waals surface area contributed by atoms with Crippen LogP contribution in [0.4, 0.5) is 0 Å². The molecule has 1 aliphatic rings. The molecule has 1 fully saturated rings. The Morgan fingerprint density at radius 1 is 1.05 bits per heavy atom. The van der Waals surface area contributed by atoms with Gasteiger partial charge in [-0.3, -0.25) is 4.90 Å². The second kappa shape index (κ2) is 7.25. The van der Waals surface area contributed by atoms with Gasteiger partial charge in [-0.05, 0) is 24.1 Å². The van der Waals surface area contributed by atoms with Gasteiger partial charge in [0.05, 0.1) is 11.6 Å². The molecule has 0 aliphatic carbocycles. The van der Waals surface area contributed by atoms with Crippen LogP contribution >= 0.6 is 0 Å². The molecule has 4 heteroatoms. The summed E-state index contributed by atoms with van der Waals surface area (Å²) in [6.07, 6.45) is 0.871. The molecule has 102 valence electrons. The Morgan fingerprint density at radius 2 is 1.68 bits per heavy atom. The first-order valence-electron chi connectivity index (χ1n) is 6.86. The van der Waals surface area contributed by atoms with Crippen LogP contribution < -0.4 is 0 Å². The second-order valence-corrected chi connectivity index (χ2v) is 5.00. The van der Waals surface area contributed by atoms with E-state index in [0.717, 1.165) is 51.3 Å². The van der Waals surface area contributed by atoms with E-state index in [1.54, 1.807) is 0 Å². The molecule has 0 aromatic heterocycles. The number of aliphatic hydroxyl groups is 1. The van der Waals surface area contributed by atoms with E-state index in [-0.39, 0.29) is 6.61 Å². The SMILES string of the molecule is N#Cc1ccc(CN2CCN(CCCO)CC2)cc1. The van der Waals surface area contributed by atoms with E-state index in [4.69, 9.17) is 10.4 Å². The van der Waals surface area contributed by atoms with Gasteiger partial charge in [0, 0.05) is 45.9 Å². The summed E-state index contributed by atoms with van der Waals surface area (Å²) in [5.74, 6) is 0. The van der Waals surface area contributed by atoms with Gasteiger partial charge < -0.3 is 10.0 Å². The molecule has 1 aromatic carbocycles. The number of hydrogen-bond acceptors (Lipinski definition) is 4.